The maximum absolute atomic E-state index is 13.1. The van der Waals surface area contributed by atoms with Gasteiger partial charge in [0.05, 0.1) is 5.69 Å². The van der Waals surface area contributed by atoms with E-state index in [1.165, 1.54) is 12.1 Å². The number of nitrogens with one attached hydrogen (secondary N) is 1. The van der Waals surface area contributed by atoms with Crippen LogP contribution in [-0.2, 0) is 0 Å². The van der Waals surface area contributed by atoms with Crippen LogP contribution in [0.25, 0.3) is 0 Å². The van der Waals surface area contributed by atoms with E-state index in [0.717, 1.165) is 6.07 Å². The molecule has 0 heterocycles. The van der Waals surface area contributed by atoms with Crippen molar-refractivity contribution in [2.75, 3.05) is 5.32 Å². The van der Waals surface area contributed by atoms with Gasteiger partial charge in [-0.25, -0.2) is 8.78 Å². The fourth-order valence-electron chi connectivity index (χ4n) is 1.55. The van der Waals surface area contributed by atoms with Crippen molar-refractivity contribution in [3.63, 3.8) is 0 Å². The van der Waals surface area contributed by atoms with Gasteiger partial charge in [-0.1, -0.05) is 12.2 Å². The molecule has 0 aliphatic rings. The minimum Gasteiger partial charge on any atom is -0.389 e. The molecule has 0 fully saturated rings. The number of rotatable bonds is 3. The highest BCUT2D eigenvalue weighted by molar-refractivity contribution is 9.10. The van der Waals surface area contributed by atoms with Crippen molar-refractivity contribution in [1.82, 2.24) is 0 Å². The van der Waals surface area contributed by atoms with Crippen molar-refractivity contribution in [3.8, 4) is 0 Å². The molecular weight excluding hydrogens is 334 g/mol. The van der Waals surface area contributed by atoms with Gasteiger partial charge in [-0.05, 0) is 46.3 Å². The first-order valence-corrected chi connectivity index (χ1v) is 6.48. The lowest BCUT2D eigenvalue weighted by Gasteiger charge is -2.10. The van der Waals surface area contributed by atoms with E-state index in [4.69, 9.17) is 18.0 Å². The highest BCUT2D eigenvalue weighted by Gasteiger charge is 2.06. The Kier molecular flexibility index (Phi) is 4.11. The van der Waals surface area contributed by atoms with Gasteiger partial charge in [-0.3, -0.25) is 0 Å². The number of anilines is 2. The third-order valence-corrected chi connectivity index (χ3v) is 3.29. The zero-order valence-electron chi connectivity index (χ0n) is 9.58. The Morgan fingerprint density at radius 1 is 1.11 bits per heavy atom. The first-order valence-electron chi connectivity index (χ1n) is 5.28. The topological polar surface area (TPSA) is 38.0 Å². The Hall–Kier alpha value is -1.53. The van der Waals surface area contributed by atoms with Gasteiger partial charge in [-0.15, -0.1) is 0 Å². The summed E-state index contributed by atoms with van der Waals surface area (Å²) in [6.07, 6.45) is 0. The minimum absolute atomic E-state index is 0.282. The van der Waals surface area contributed by atoms with Crippen LogP contribution in [-0.4, -0.2) is 4.99 Å². The summed E-state index contributed by atoms with van der Waals surface area (Å²) in [5.74, 6) is -1.28. The smallest absolute Gasteiger partial charge is 0.128 e. The number of thiocarbonyl (C=S) groups is 1. The average molecular weight is 343 g/mol. The third kappa shape index (κ3) is 3.48. The zero-order chi connectivity index (χ0) is 14.0. The lowest BCUT2D eigenvalue weighted by Crippen LogP contribution is -2.09. The van der Waals surface area contributed by atoms with E-state index in [2.05, 4.69) is 21.2 Å². The van der Waals surface area contributed by atoms with E-state index in [0.29, 0.717) is 21.4 Å². The maximum atomic E-state index is 13.1. The van der Waals surface area contributed by atoms with Crippen LogP contribution in [0.3, 0.4) is 0 Å². The summed E-state index contributed by atoms with van der Waals surface area (Å²) >= 11 is 8.21. The van der Waals surface area contributed by atoms with Gasteiger partial charge in [0.25, 0.3) is 0 Å². The van der Waals surface area contributed by atoms with Crippen LogP contribution in [0.1, 0.15) is 5.56 Å². The molecule has 0 bridgehead atoms. The molecule has 2 aromatic carbocycles. The van der Waals surface area contributed by atoms with Crippen LogP contribution in [0.5, 0.6) is 0 Å². The monoisotopic (exact) mass is 342 g/mol. The summed E-state index contributed by atoms with van der Waals surface area (Å²) < 4.78 is 26.8. The van der Waals surface area contributed by atoms with Gasteiger partial charge in [0.2, 0.25) is 0 Å². The highest BCUT2D eigenvalue weighted by Crippen LogP contribution is 2.27. The SMILES string of the molecule is NC(=S)c1ccc(Nc2cc(F)cc(F)c2)c(Br)c1. The molecule has 2 nitrogen and oxygen atoms in total. The number of hydrogen-bond acceptors (Lipinski definition) is 2. The summed E-state index contributed by atoms with van der Waals surface area (Å²) in [5.41, 5.74) is 7.20. The fraction of sp³-hybridized carbons (Fsp3) is 0. The van der Waals surface area contributed by atoms with E-state index in [9.17, 15) is 8.78 Å². The number of halogens is 3. The number of nitrogens with two attached hydrogens (primary N) is 1. The van der Waals surface area contributed by atoms with Gasteiger partial charge in [-0.2, -0.15) is 0 Å². The van der Waals surface area contributed by atoms with Crippen molar-refractivity contribution in [3.05, 3.63) is 58.1 Å². The average Bonchev–Trinajstić information content (AvgIpc) is 2.30. The Morgan fingerprint density at radius 2 is 1.74 bits per heavy atom. The molecule has 0 atom stereocenters. The molecular formula is C13H9BrF2N2S. The molecule has 6 heteroatoms. The Morgan fingerprint density at radius 3 is 2.26 bits per heavy atom. The Labute approximate surface area is 122 Å². The van der Waals surface area contributed by atoms with Crippen LogP contribution < -0.4 is 11.1 Å². The van der Waals surface area contributed by atoms with Gasteiger partial charge in [0.1, 0.15) is 16.6 Å². The zero-order valence-corrected chi connectivity index (χ0v) is 12.0. The predicted molar refractivity (Wildman–Crippen MR) is 79.7 cm³/mol. The molecule has 2 aromatic rings. The summed E-state index contributed by atoms with van der Waals surface area (Å²) in [6, 6.07) is 8.41. The molecule has 2 rings (SSSR count). The highest BCUT2D eigenvalue weighted by atomic mass is 79.9. The van der Waals surface area contributed by atoms with Crippen LogP contribution >= 0.6 is 28.1 Å². The lowest BCUT2D eigenvalue weighted by molar-refractivity contribution is 0.584. The summed E-state index contributed by atoms with van der Waals surface area (Å²) in [5, 5.41) is 2.91. The summed E-state index contributed by atoms with van der Waals surface area (Å²) in [7, 11) is 0. The summed E-state index contributed by atoms with van der Waals surface area (Å²) in [6.45, 7) is 0. The lowest BCUT2D eigenvalue weighted by atomic mass is 10.2. The molecule has 0 aromatic heterocycles. The van der Waals surface area contributed by atoms with Crippen LogP contribution in [0.2, 0.25) is 0 Å². The van der Waals surface area contributed by atoms with E-state index >= 15 is 0 Å². The molecule has 0 aliphatic heterocycles. The molecule has 0 radical (unpaired) electrons. The fourth-order valence-corrected chi connectivity index (χ4v) is 2.16. The molecule has 0 unspecified atom stereocenters. The standard InChI is InChI=1S/C13H9BrF2N2S/c14-11-3-7(13(17)19)1-2-12(11)18-10-5-8(15)4-9(16)6-10/h1-6,18H,(H2,17,19). The molecule has 0 spiro atoms. The normalized spacial score (nSPS) is 10.3. The molecule has 0 saturated carbocycles. The van der Waals surface area contributed by atoms with Gasteiger partial charge in [0, 0.05) is 21.8 Å². The van der Waals surface area contributed by atoms with Gasteiger partial charge in [0.15, 0.2) is 0 Å². The van der Waals surface area contributed by atoms with Crippen molar-refractivity contribution in [1.29, 1.82) is 0 Å². The second-order valence-corrected chi connectivity index (χ2v) is 5.14. The van der Waals surface area contributed by atoms with Crippen LogP contribution in [0.15, 0.2) is 40.9 Å². The predicted octanol–water partition coefficient (Wildman–Crippen LogP) is 4.11. The second kappa shape index (κ2) is 5.63. The number of benzene rings is 2. The van der Waals surface area contributed by atoms with E-state index in [-0.39, 0.29) is 4.99 Å². The van der Waals surface area contributed by atoms with E-state index < -0.39 is 11.6 Å². The first kappa shape index (κ1) is 13.9. The second-order valence-electron chi connectivity index (χ2n) is 3.84. The van der Waals surface area contributed by atoms with Gasteiger partial charge >= 0.3 is 0 Å². The van der Waals surface area contributed by atoms with Crippen molar-refractivity contribution < 1.29 is 8.78 Å². The van der Waals surface area contributed by atoms with Crippen molar-refractivity contribution in [2.24, 2.45) is 5.73 Å². The number of hydrogen-bond donors (Lipinski definition) is 2. The Bertz CT molecular complexity index is 626. The quantitative estimate of drug-likeness (QED) is 0.824. The summed E-state index contributed by atoms with van der Waals surface area (Å²) in [4.78, 5) is 0.282. The van der Waals surface area contributed by atoms with E-state index in [1.807, 2.05) is 0 Å². The molecule has 0 amide bonds. The molecule has 19 heavy (non-hydrogen) atoms. The molecule has 3 N–H and O–H groups in total. The maximum Gasteiger partial charge on any atom is 0.128 e. The largest absolute Gasteiger partial charge is 0.389 e. The van der Waals surface area contributed by atoms with Crippen molar-refractivity contribution in [2.45, 2.75) is 0 Å². The minimum atomic E-state index is -0.640. The first-order chi connectivity index (χ1) is 8.95. The Balaban J connectivity index is 2.30. The van der Waals surface area contributed by atoms with Gasteiger partial charge < -0.3 is 11.1 Å². The van der Waals surface area contributed by atoms with Crippen LogP contribution in [0.4, 0.5) is 20.2 Å². The van der Waals surface area contributed by atoms with E-state index in [1.54, 1.807) is 18.2 Å². The molecule has 0 saturated heterocycles. The molecule has 0 aliphatic carbocycles. The third-order valence-electron chi connectivity index (χ3n) is 2.40. The van der Waals surface area contributed by atoms with Crippen LogP contribution in [0, 0.1) is 11.6 Å². The van der Waals surface area contributed by atoms with Crippen molar-refractivity contribution >= 4 is 44.5 Å². The molecule has 98 valence electrons.